The molecule has 24 heavy (non-hydrogen) atoms. The number of halogens is 1. The summed E-state index contributed by atoms with van der Waals surface area (Å²) in [5.74, 6) is 0.728. The van der Waals surface area contributed by atoms with E-state index in [9.17, 15) is 4.39 Å². The Morgan fingerprint density at radius 3 is 2.92 bits per heavy atom. The van der Waals surface area contributed by atoms with Gasteiger partial charge in [0.05, 0.1) is 12.8 Å². The summed E-state index contributed by atoms with van der Waals surface area (Å²) in [6.07, 6.45) is 2.86. The summed E-state index contributed by atoms with van der Waals surface area (Å²) in [7, 11) is 1.55. The first-order valence-corrected chi connectivity index (χ1v) is 8.37. The molecule has 4 nitrogen and oxygen atoms in total. The molecule has 1 fully saturated rings. The molecule has 0 bridgehead atoms. The maximum absolute atomic E-state index is 13.6. The molecule has 5 heteroatoms. The molecule has 1 aromatic heterocycles. The summed E-state index contributed by atoms with van der Waals surface area (Å²) in [6, 6.07) is 11.1. The molecule has 2 unspecified atom stereocenters. The highest BCUT2D eigenvalue weighted by atomic mass is 19.1. The van der Waals surface area contributed by atoms with E-state index in [1.165, 1.54) is 12.1 Å². The van der Waals surface area contributed by atoms with Gasteiger partial charge in [0.1, 0.15) is 11.6 Å². The molecule has 0 radical (unpaired) electrons. The molecule has 1 aliphatic heterocycles. The SMILES string of the molecule is COc1cc(F)cc(NC2CCN(Cc3ccccn3)CC2C)c1. The van der Waals surface area contributed by atoms with Crippen LogP contribution in [0.3, 0.4) is 0 Å². The van der Waals surface area contributed by atoms with Crippen LogP contribution in [0, 0.1) is 11.7 Å². The third kappa shape index (κ3) is 4.23. The Bertz CT molecular complexity index is 665. The van der Waals surface area contributed by atoms with Crippen LogP contribution in [-0.2, 0) is 6.54 Å². The van der Waals surface area contributed by atoms with Crippen LogP contribution in [0.2, 0.25) is 0 Å². The monoisotopic (exact) mass is 329 g/mol. The minimum Gasteiger partial charge on any atom is -0.497 e. The number of anilines is 1. The second kappa shape index (κ2) is 7.62. The highest BCUT2D eigenvalue weighted by molar-refractivity contribution is 5.49. The number of likely N-dealkylation sites (tertiary alicyclic amines) is 1. The van der Waals surface area contributed by atoms with Crippen LogP contribution >= 0.6 is 0 Å². The van der Waals surface area contributed by atoms with Gasteiger partial charge in [-0.1, -0.05) is 13.0 Å². The van der Waals surface area contributed by atoms with E-state index in [0.29, 0.717) is 17.7 Å². The first-order chi connectivity index (χ1) is 11.6. The van der Waals surface area contributed by atoms with Gasteiger partial charge in [-0.15, -0.1) is 0 Å². The third-order valence-electron chi connectivity index (χ3n) is 4.56. The lowest BCUT2D eigenvalue weighted by Crippen LogP contribution is -2.44. The van der Waals surface area contributed by atoms with Gasteiger partial charge in [-0.05, 0) is 30.5 Å². The van der Waals surface area contributed by atoms with E-state index in [4.69, 9.17) is 4.74 Å². The summed E-state index contributed by atoms with van der Waals surface area (Å²) in [5.41, 5.74) is 1.88. The Balaban J connectivity index is 1.59. The van der Waals surface area contributed by atoms with Crippen LogP contribution in [-0.4, -0.2) is 36.1 Å². The molecule has 1 aliphatic rings. The van der Waals surface area contributed by atoms with Gasteiger partial charge in [-0.25, -0.2) is 4.39 Å². The Morgan fingerprint density at radius 2 is 2.21 bits per heavy atom. The highest BCUT2D eigenvalue weighted by Crippen LogP contribution is 2.25. The van der Waals surface area contributed by atoms with Crippen molar-refractivity contribution in [2.24, 2.45) is 5.92 Å². The minimum absolute atomic E-state index is 0.280. The van der Waals surface area contributed by atoms with Crippen molar-refractivity contribution in [3.8, 4) is 5.75 Å². The Morgan fingerprint density at radius 1 is 1.33 bits per heavy atom. The second-order valence-electron chi connectivity index (χ2n) is 6.45. The lowest BCUT2D eigenvalue weighted by atomic mass is 9.93. The molecule has 3 rings (SSSR count). The van der Waals surface area contributed by atoms with Crippen molar-refractivity contribution in [1.82, 2.24) is 9.88 Å². The van der Waals surface area contributed by atoms with Crippen molar-refractivity contribution in [1.29, 1.82) is 0 Å². The first kappa shape index (κ1) is 16.7. The van der Waals surface area contributed by atoms with Crippen molar-refractivity contribution in [3.05, 3.63) is 54.1 Å². The van der Waals surface area contributed by atoms with E-state index in [1.807, 2.05) is 24.4 Å². The molecule has 2 aromatic rings. The van der Waals surface area contributed by atoms with Gasteiger partial charge in [-0.2, -0.15) is 0 Å². The fourth-order valence-electron chi connectivity index (χ4n) is 3.29. The first-order valence-electron chi connectivity index (χ1n) is 8.37. The molecule has 1 saturated heterocycles. The highest BCUT2D eigenvalue weighted by Gasteiger charge is 2.26. The van der Waals surface area contributed by atoms with Crippen molar-refractivity contribution >= 4 is 5.69 Å². The molecule has 2 atom stereocenters. The summed E-state index contributed by atoms with van der Waals surface area (Å²) in [6.45, 7) is 5.12. The molecule has 1 N–H and O–H groups in total. The Kier molecular flexibility index (Phi) is 5.30. The van der Waals surface area contributed by atoms with Gasteiger partial charge < -0.3 is 10.1 Å². The van der Waals surface area contributed by atoms with Crippen molar-refractivity contribution in [3.63, 3.8) is 0 Å². The molecule has 1 aromatic carbocycles. The maximum atomic E-state index is 13.6. The zero-order valence-corrected chi connectivity index (χ0v) is 14.2. The Hall–Kier alpha value is -2.14. The fourth-order valence-corrected chi connectivity index (χ4v) is 3.29. The number of benzene rings is 1. The molecule has 0 spiro atoms. The molecule has 2 heterocycles. The van der Waals surface area contributed by atoms with Crippen molar-refractivity contribution in [2.45, 2.75) is 25.9 Å². The van der Waals surface area contributed by atoms with E-state index in [0.717, 1.165) is 37.4 Å². The van der Waals surface area contributed by atoms with Gasteiger partial charge in [-0.3, -0.25) is 9.88 Å². The molecular formula is C19H24FN3O. The van der Waals surface area contributed by atoms with Crippen LogP contribution < -0.4 is 10.1 Å². The zero-order chi connectivity index (χ0) is 16.9. The van der Waals surface area contributed by atoms with Gasteiger partial charge >= 0.3 is 0 Å². The summed E-state index contributed by atoms with van der Waals surface area (Å²) in [4.78, 5) is 6.83. The van der Waals surface area contributed by atoms with Crippen LogP contribution in [0.15, 0.2) is 42.6 Å². The number of pyridine rings is 1. The predicted octanol–water partition coefficient (Wildman–Crippen LogP) is 3.55. The summed E-state index contributed by atoms with van der Waals surface area (Å²) < 4.78 is 18.8. The van der Waals surface area contributed by atoms with Crippen LogP contribution in [0.5, 0.6) is 5.75 Å². The van der Waals surface area contributed by atoms with Gasteiger partial charge in [0.2, 0.25) is 0 Å². The number of methoxy groups -OCH3 is 1. The van der Waals surface area contributed by atoms with E-state index >= 15 is 0 Å². The van der Waals surface area contributed by atoms with E-state index < -0.39 is 0 Å². The molecule has 128 valence electrons. The van der Waals surface area contributed by atoms with Gasteiger partial charge in [0, 0.05) is 49.7 Å². The molecular weight excluding hydrogens is 305 g/mol. The number of aromatic nitrogens is 1. The smallest absolute Gasteiger partial charge is 0.128 e. The van der Waals surface area contributed by atoms with Crippen LogP contribution in [0.1, 0.15) is 19.0 Å². The number of rotatable bonds is 5. The lowest BCUT2D eigenvalue weighted by molar-refractivity contribution is 0.163. The quantitative estimate of drug-likeness (QED) is 0.910. The average molecular weight is 329 g/mol. The molecule has 0 aliphatic carbocycles. The topological polar surface area (TPSA) is 37.4 Å². The third-order valence-corrected chi connectivity index (χ3v) is 4.56. The maximum Gasteiger partial charge on any atom is 0.128 e. The largest absolute Gasteiger partial charge is 0.497 e. The molecule has 0 saturated carbocycles. The van der Waals surface area contributed by atoms with Crippen molar-refractivity contribution < 1.29 is 9.13 Å². The minimum atomic E-state index is -0.280. The van der Waals surface area contributed by atoms with Gasteiger partial charge in [0.25, 0.3) is 0 Å². The number of hydrogen-bond donors (Lipinski definition) is 1. The Labute approximate surface area is 142 Å². The van der Waals surface area contributed by atoms with Crippen LogP contribution in [0.25, 0.3) is 0 Å². The van der Waals surface area contributed by atoms with E-state index in [-0.39, 0.29) is 5.82 Å². The normalized spacial score (nSPS) is 21.5. The number of piperidine rings is 1. The number of hydrogen-bond acceptors (Lipinski definition) is 4. The van der Waals surface area contributed by atoms with Crippen molar-refractivity contribution in [2.75, 3.05) is 25.5 Å². The number of nitrogens with zero attached hydrogens (tertiary/aromatic N) is 2. The molecule has 0 amide bonds. The van der Waals surface area contributed by atoms with Crippen LogP contribution in [0.4, 0.5) is 10.1 Å². The van der Waals surface area contributed by atoms with E-state index in [1.54, 1.807) is 7.11 Å². The average Bonchev–Trinajstić information content (AvgIpc) is 2.58. The summed E-state index contributed by atoms with van der Waals surface area (Å²) >= 11 is 0. The zero-order valence-electron chi connectivity index (χ0n) is 14.2. The standard InChI is InChI=1S/C19H24FN3O/c1-14-12-23(13-16-5-3-4-7-21-16)8-6-19(14)22-17-9-15(20)10-18(11-17)24-2/h3-5,7,9-11,14,19,22H,6,8,12-13H2,1-2H3. The fraction of sp³-hybridized carbons (Fsp3) is 0.421. The second-order valence-corrected chi connectivity index (χ2v) is 6.45. The summed E-state index contributed by atoms with van der Waals surface area (Å²) in [5, 5.41) is 3.47. The number of ether oxygens (including phenoxy) is 1. The predicted molar refractivity (Wildman–Crippen MR) is 93.7 cm³/mol. The lowest BCUT2D eigenvalue weighted by Gasteiger charge is -2.37. The van der Waals surface area contributed by atoms with Gasteiger partial charge in [0.15, 0.2) is 0 Å². The number of nitrogens with one attached hydrogen (secondary N) is 1. The van der Waals surface area contributed by atoms with E-state index in [2.05, 4.69) is 28.2 Å².